The van der Waals surface area contributed by atoms with Crippen molar-refractivity contribution in [2.24, 2.45) is 0 Å². The maximum absolute atomic E-state index is 11.8. The molecular formula is C43H41N7O6S2. The first-order chi connectivity index (χ1) is 28.2. The number of carbonyl (C=O) groups is 1. The summed E-state index contributed by atoms with van der Waals surface area (Å²) in [6, 6.07) is 23.2. The average Bonchev–Trinajstić information content (AvgIpc) is 4.06. The van der Waals surface area contributed by atoms with E-state index in [0.717, 1.165) is 65.8 Å². The minimum absolute atomic E-state index is 0.187. The Balaban J connectivity index is 0.000000178. The molecule has 58 heavy (non-hydrogen) atoms. The number of furan rings is 1. The molecule has 15 heteroatoms. The summed E-state index contributed by atoms with van der Waals surface area (Å²) < 4.78 is 27.1. The molecule has 0 unspecified atom stereocenters. The number of fused-ring (bicyclic) bond motifs is 2. The number of ether oxygens (including phenoxy) is 4. The van der Waals surface area contributed by atoms with Gasteiger partial charge in [-0.2, -0.15) is 0 Å². The second kappa shape index (κ2) is 17.7. The summed E-state index contributed by atoms with van der Waals surface area (Å²) in [5, 5.41) is 8.11. The zero-order valence-electron chi connectivity index (χ0n) is 33.0. The zero-order valence-corrected chi connectivity index (χ0v) is 34.7. The molecule has 0 amide bonds. The van der Waals surface area contributed by atoms with E-state index in [9.17, 15) is 4.79 Å². The second-order valence-electron chi connectivity index (χ2n) is 12.9. The minimum Gasteiger partial charge on any atom is -0.493 e. The fourth-order valence-corrected chi connectivity index (χ4v) is 7.71. The number of rotatable bonds is 12. The molecule has 8 aromatic rings. The molecule has 0 aliphatic carbocycles. The van der Waals surface area contributed by atoms with Crippen molar-refractivity contribution in [1.82, 2.24) is 24.9 Å². The third-order valence-corrected chi connectivity index (χ3v) is 10.9. The van der Waals surface area contributed by atoms with Gasteiger partial charge in [-0.3, -0.25) is 0 Å². The molecule has 0 radical (unpaired) electrons. The van der Waals surface area contributed by atoms with Gasteiger partial charge < -0.3 is 33.2 Å². The van der Waals surface area contributed by atoms with Gasteiger partial charge in [0.2, 0.25) is 11.5 Å². The van der Waals surface area contributed by atoms with Gasteiger partial charge in [0.05, 0.1) is 61.2 Å². The van der Waals surface area contributed by atoms with Gasteiger partial charge in [0, 0.05) is 35.8 Å². The van der Waals surface area contributed by atoms with Crippen LogP contribution in [0.1, 0.15) is 28.2 Å². The highest BCUT2D eigenvalue weighted by Gasteiger charge is 2.18. The quantitative estimate of drug-likeness (QED) is 0.108. The van der Waals surface area contributed by atoms with Crippen molar-refractivity contribution in [2.45, 2.75) is 20.4 Å². The van der Waals surface area contributed by atoms with E-state index in [2.05, 4.69) is 41.3 Å². The SMILES string of the molecule is CCOC(=O)c1ccc(-c2ccc3ncnc(N(C)c4cccs4)c3c2)o1.COc1cc(-c2ccc3ncnc(N(C)Cc4csc(C)n4)c3c2)cc(OC)c1OC. The van der Waals surface area contributed by atoms with Crippen LogP contribution in [0.4, 0.5) is 16.6 Å². The van der Waals surface area contributed by atoms with Gasteiger partial charge in [0.25, 0.3) is 0 Å². The Kier molecular flexibility index (Phi) is 12.1. The molecule has 8 rings (SSSR count). The lowest BCUT2D eigenvalue weighted by molar-refractivity contribution is 0.0491. The first-order valence-electron chi connectivity index (χ1n) is 18.2. The molecule has 0 spiro atoms. The van der Waals surface area contributed by atoms with E-state index in [1.54, 1.807) is 75.7 Å². The molecule has 13 nitrogen and oxygen atoms in total. The average molecular weight is 816 g/mol. The number of hydrogen-bond acceptors (Lipinski definition) is 15. The van der Waals surface area contributed by atoms with Crippen molar-refractivity contribution in [3.63, 3.8) is 0 Å². The van der Waals surface area contributed by atoms with Crippen LogP contribution in [0, 0.1) is 6.92 Å². The summed E-state index contributed by atoms with van der Waals surface area (Å²) in [6.45, 7) is 4.75. The van der Waals surface area contributed by atoms with E-state index in [0.29, 0.717) is 36.2 Å². The Labute approximate surface area is 343 Å². The van der Waals surface area contributed by atoms with Gasteiger partial charge >= 0.3 is 5.97 Å². The van der Waals surface area contributed by atoms with E-state index in [1.807, 2.05) is 85.9 Å². The maximum Gasteiger partial charge on any atom is 0.374 e. The van der Waals surface area contributed by atoms with Gasteiger partial charge in [-0.25, -0.2) is 29.7 Å². The van der Waals surface area contributed by atoms with E-state index in [4.69, 9.17) is 23.4 Å². The lowest BCUT2D eigenvalue weighted by Crippen LogP contribution is -2.18. The van der Waals surface area contributed by atoms with E-state index >= 15 is 0 Å². The molecule has 0 aliphatic rings. The standard InChI is InChI=1S/C23H24N4O3S.C20H17N3O3S/c1-14-26-17(12-31-14)11-27(2)23-18-8-15(6-7-19(18)24-13-25-23)16-9-20(28-3)22(30-5)21(10-16)29-4;1-3-25-20(24)17-9-8-16(26-17)13-6-7-15-14(11-13)19(22-12-21-15)23(2)18-5-4-10-27-18/h6-10,12-13H,11H2,1-5H3;4-12H,3H2,1-2H3. The van der Waals surface area contributed by atoms with Gasteiger partial charge in [0.15, 0.2) is 11.5 Å². The number of nitrogens with zero attached hydrogens (tertiary/aromatic N) is 7. The number of anilines is 3. The maximum atomic E-state index is 11.8. The Morgan fingerprint density at radius 2 is 1.43 bits per heavy atom. The van der Waals surface area contributed by atoms with Crippen molar-refractivity contribution in [1.29, 1.82) is 0 Å². The zero-order chi connectivity index (χ0) is 40.8. The van der Waals surface area contributed by atoms with E-state index < -0.39 is 5.97 Å². The summed E-state index contributed by atoms with van der Waals surface area (Å²) in [7, 11) is 8.82. The van der Waals surface area contributed by atoms with Crippen LogP contribution in [-0.4, -0.2) is 72.9 Å². The van der Waals surface area contributed by atoms with Crippen LogP contribution in [0.2, 0.25) is 0 Å². The van der Waals surface area contributed by atoms with Gasteiger partial charge in [-0.05, 0) is 97.1 Å². The molecule has 0 bridgehead atoms. The summed E-state index contributed by atoms with van der Waals surface area (Å²) in [6.07, 6.45) is 3.16. The van der Waals surface area contributed by atoms with Crippen LogP contribution < -0.4 is 24.0 Å². The summed E-state index contributed by atoms with van der Waals surface area (Å²) in [5.41, 5.74) is 5.53. The summed E-state index contributed by atoms with van der Waals surface area (Å²) in [5.74, 6) is 3.75. The first kappa shape index (κ1) is 39.6. The number of thiazole rings is 1. The number of benzene rings is 3. The van der Waals surface area contributed by atoms with Crippen LogP contribution in [-0.2, 0) is 11.3 Å². The van der Waals surface area contributed by atoms with Gasteiger partial charge in [0.1, 0.15) is 30.1 Å². The topological polar surface area (TPSA) is 138 Å². The van der Waals surface area contributed by atoms with Crippen LogP contribution in [0.25, 0.3) is 44.3 Å². The summed E-state index contributed by atoms with van der Waals surface area (Å²) >= 11 is 3.29. The first-order valence-corrected chi connectivity index (χ1v) is 19.9. The number of aryl methyl sites for hydroxylation is 1. The Morgan fingerprint density at radius 1 is 0.759 bits per heavy atom. The fourth-order valence-electron chi connectivity index (χ4n) is 6.41. The van der Waals surface area contributed by atoms with E-state index in [1.165, 1.54) is 0 Å². The van der Waals surface area contributed by atoms with Crippen molar-refractivity contribution in [3.05, 3.63) is 113 Å². The van der Waals surface area contributed by atoms with Crippen molar-refractivity contribution < 1.29 is 28.2 Å². The van der Waals surface area contributed by atoms with Gasteiger partial charge in [-0.1, -0.05) is 6.07 Å². The predicted molar refractivity (Wildman–Crippen MR) is 229 cm³/mol. The molecular weight excluding hydrogens is 775 g/mol. The van der Waals surface area contributed by atoms with Gasteiger partial charge in [-0.15, -0.1) is 22.7 Å². The molecule has 3 aromatic carbocycles. The largest absolute Gasteiger partial charge is 0.493 e. The predicted octanol–water partition coefficient (Wildman–Crippen LogP) is 9.62. The summed E-state index contributed by atoms with van der Waals surface area (Å²) in [4.78, 5) is 38.4. The Hall–Kier alpha value is -6.58. The highest BCUT2D eigenvalue weighted by molar-refractivity contribution is 7.14. The van der Waals surface area contributed by atoms with Crippen LogP contribution in [0.5, 0.6) is 17.2 Å². The molecule has 0 atom stereocenters. The number of thiophene rings is 1. The van der Waals surface area contributed by atoms with Crippen molar-refractivity contribution in [3.8, 4) is 39.7 Å². The van der Waals surface area contributed by atoms with E-state index in [-0.39, 0.29) is 5.76 Å². The minimum atomic E-state index is -0.467. The normalized spacial score (nSPS) is 10.9. The highest BCUT2D eigenvalue weighted by atomic mass is 32.1. The fraction of sp³-hybridized carbons (Fsp3) is 0.209. The Morgan fingerprint density at radius 3 is 2.05 bits per heavy atom. The molecule has 296 valence electrons. The highest BCUT2D eigenvalue weighted by Crippen LogP contribution is 2.42. The molecule has 0 aliphatic heterocycles. The van der Waals surface area contributed by atoms with Crippen molar-refractivity contribution in [2.75, 3.05) is 51.8 Å². The number of methoxy groups -OCH3 is 3. The number of carbonyl (C=O) groups excluding carboxylic acids is 1. The molecule has 0 fully saturated rings. The molecule has 0 saturated heterocycles. The van der Waals surface area contributed by atoms with Crippen LogP contribution >= 0.6 is 22.7 Å². The third-order valence-electron chi connectivity index (χ3n) is 9.18. The monoisotopic (exact) mass is 815 g/mol. The lowest BCUT2D eigenvalue weighted by Gasteiger charge is -2.19. The van der Waals surface area contributed by atoms with Crippen molar-refractivity contribution >= 4 is 67.1 Å². The number of aromatic nitrogens is 5. The number of hydrogen-bond donors (Lipinski definition) is 0. The van der Waals surface area contributed by atoms with Crippen LogP contribution in [0.3, 0.4) is 0 Å². The molecule has 0 saturated carbocycles. The smallest absolute Gasteiger partial charge is 0.374 e. The van der Waals surface area contributed by atoms with Crippen LogP contribution in [0.15, 0.2) is 101 Å². The third kappa shape index (κ3) is 8.40. The molecule has 0 N–H and O–H groups in total. The Bertz CT molecular complexity index is 2660. The second-order valence-corrected chi connectivity index (χ2v) is 14.9. The lowest BCUT2D eigenvalue weighted by atomic mass is 10.0. The molecule has 5 aromatic heterocycles. The molecule has 5 heterocycles. The number of esters is 1.